The van der Waals surface area contributed by atoms with Gasteiger partial charge < -0.3 is 10.2 Å². The van der Waals surface area contributed by atoms with Gasteiger partial charge in [0.1, 0.15) is 12.6 Å². The van der Waals surface area contributed by atoms with Crippen LogP contribution >= 0.6 is 11.6 Å². The highest BCUT2D eigenvalue weighted by atomic mass is 35.5. The fourth-order valence-electron chi connectivity index (χ4n) is 4.21. The summed E-state index contributed by atoms with van der Waals surface area (Å²) < 4.78 is 28.8. The summed E-state index contributed by atoms with van der Waals surface area (Å²) in [7, 11) is -4.12. The van der Waals surface area contributed by atoms with Gasteiger partial charge in [-0.05, 0) is 68.1 Å². The SMILES string of the molecule is CC[C@@H](C(=O)NCC(C)C)N(Cc1ccc(C)cc1)C(=O)CN(c1ccc(Cl)cc1)S(=O)(=O)c1ccc(C)cc1. The summed E-state index contributed by atoms with van der Waals surface area (Å²) in [6.45, 7) is 9.82. The number of benzene rings is 3. The number of nitrogens with one attached hydrogen (secondary N) is 1. The molecule has 0 saturated heterocycles. The van der Waals surface area contributed by atoms with Gasteiger partial charge >= 0.3 is 0 Å². The normalized spacial score (nSPS) is 12.2. The number of aryl methyl sites for hydroxylation is 2. The number of halogens is 1. The van der Waals surface area contributed by atoms with Crippen molar-refractivity contribution in [1.82, 2.24) is 10.2 Å². The van der Waals surface area contributed by atoms with Crippen LogP contribution in [0.25, 0.3) is 0 Å². The summed E-state index contributed by atoms with van der Waals surface area (Å²) in [5.41, 5.74) is 3.12. The van der Waals surface area contributed by atoms with E-state index in [2.05, 4.69) is 5.32 Å². The van der Waals surface area contributed by atoms with E-state index in [9.17, 15) is 18.0 Å². The first-order valence-corrected chi connectivity index (χ1v) is 15.2. The second kappa shape index (κ2) is 13.8. The van der Waals surface area contributed by atoms with Crippen molar-refractivity contribution in [3.05, 3.63) is 94.5 Å². The molecule has 1 N–H and O–H groups in total. The molecule has 0 aliphatic heterocycles. The molecule has 7 nitrogen and oxygen atoms in total. The summed E-state index contributed by atoms with van der Waals surface area (Å²) in [6.07, 6.45) is 0.368. The minimum absolute atomic E-state index is 0.0626. The summed E-state index contributed by atoms with van der Waals surface area (Å²) in [4.78, 5) is 28.9. The lowest BCUT2D eigenvalue weighted by Gasteiger charge is -2.33. The second-order valence-electron chi connectivity index (χ2n) is 10.4. The third-order valence-corrected chi connectivity index (χ3v) is 8.59. The predicted octanol–water partition coefficient (Wildman–Crippen LogP) is 5.73. The number of carbonyl (C=O) groups excluding carboxylic acids is 2. The molecule has 3 rings (SSSR count). The highest BCUT2D eigenvalue weighted by Crippen LogP contribution is 2.26. The quantitative estimate of drug-likeness (QED) is 0.295. The predicted molar refractivity (Wildman–Crippen MR) is 161 cm³/mol. The number of hydrogen-bond donors (Lipinski definition) is 1. The van der Waals surface area contributed by atoms with E-state index in [4.69, 9.17) is 11.6 Å². The van der Waals surface area contributed by atoms with E-state index in [0.717, 1.165) is 21.0 Å². The molecule has 0 fully saturated rings. The van der Waals surface area contributed by atoms with E-state index < -0.39 is 28.5 Å². The highest BCUT2D eigenvalue weighted by molar-refractivity contribution is 7.92. The molecule has 3 aromatic carbocycles. The Balaban J connectivity index is 2.03. The maximum atomic E-state index is 14.1. The van der Waals surface area contributed by atoms with Crippen molar-refractivity contribution in [3.63, 3.8) is 0 Å². The van der Waals surface area contributed by atoms with Crippen molar-refractivity contribution in [2.45, 2.75) is 58.5 Å². The van der Waals surface area contributed by atoms with Crippen molar-refractivity contribution in [3.8, 4) is 0 Å². The molecule has 0 radical (unpaired) electrons. The van der Waals surface area contributed by atoms with E-state index in [1.54, 1.807) is 36.4 Å². The fourth-order valence-corrected chi connectivity index (χ4v) is 5.75. The van der Waals surface area contributed by atoms with Gasteiger partial charge in [-0.15, -0.1) is 0 Å². The van der Waals surface area contributed by atoms with Gasteiger partial charge in [-0.25, -0.2) is 8.42 Å². The van der Waals surface area contributed by atoms with Gasteiger partial charge in [0.15, 0.2) is 0 Å². The zero-order valence-corrected chi connectivity index (χ0v) is 25.3. The van der Waals surface area contributed by atoms with Crippen LogP contribution in [0.5, 0.6) is 0 Å². The third kappa shape index (κ3) is 8.08. The molecular weight excluding hydrogens is 546 g/mol. The standard InChI is InChI=1S/C31H38ClN3O4S/c1-6-29(31(37)33-19-22(2)3)34(20-25-11-7-23(4)8-12-25)30(36)21-35(27-15-13-26(32)14-16-27)40(38,39)28-17-9-24(5)10-18-28/h7-18,22,29H,6,19-21H2,1-5H3,(H,33,37)/t29-/m0/s1. The first kappa shape index (κ1) is 31.2. The topological polar surface area (TPSA) is 86.8 Å². The van der Waals surface area contributed by atoms with Crippen LogP contribution < -0.4 is 9.62 Å². The van der Waals surface area contributed by atoms with E-state index in [-0.39, 0.29) is 23.3 Å². The number of sulfonamides is 1. The Morgan fingerprint density at radius 3 is 1.95 bits per heavy atom. The lowest BCUT2D eigenvalue weighted by molar-refractivity contribution is -0.140. The van der Waals surface area contributed by atoms with Crippen LogP contribution in [0.1, 0.15) is 43.9 Å². The average Bonchev–Trinajstić information content (AvgIpc) is 2.92. The Bertz CT molecular complexity index is 1390. The summed E-state index contributed by atoms with van der Waals surface area (Å²) in [6, 6.07) is 19.7. The lowest BCUT2D eigenvalue weighted by Crippen LogP contribution is -2.52. The van der Waals surface area contributed by atoms with E-state index in [1.165, 1.54) is 17.0 Å². The zero-order valence-electron chi connectivity index (χ0n) is 23.7. The number of hydrogen-bond acceptors (Lipinski definition) is 4. The molecule has 0 aromatic heterocycles. The molecule has 0 spiro atoms. The van der Waals surface area contributed by atoms with Crippen molar-refractivity contribution in [2.24, 2.45) is 5.92 Å². The molecule has 3 aromatic rings. The molecule has 214 valence electrons. The molecular formula is C31H38ClN3O4S. The molecule has 0 bridgehead atoms. The second-order valence-corrected chi connectivity index (χ2v) is 12.7. The van der Waals surface area contributed by atoms with Crippen LogP contribution in [0, 0.1) is 19.8 Å². The average molecular weight is 584 g/mol. The van der Waals surface area contributed by atoms with Crippen LogP contribution in [0.3, 0.4) is 0 Å². The van der Waals surface area contributed by atoms with E-state index in [0.29, 0.717) is 23.7 Å². The molecule has 0 aliphatic carbocycles. The Hall–Kier alpha value is -3.36. The number of anilines is 1. The molecule has 9 heteroatoms. The maximum Gasteiger partial charge on any atom is 0.264 e. The molecule has 2 amide bonds. The molecule has 1 atom stereocenters. The van der Waals surface area contributed by atoms with Gasteiger partial charge in [-0.2, -0.15) is 0 Å². The minimum atomic E-state index is -4.12. The van der Waals surface area contributed by atoms with Gasteiger partial charge in [0, 0.05) is 18.1 Å². The van der Waals surface area contributed by atoms with Gasteiger partial charge in [0.2, 0.25) is 11.8 Å². The van der Waals surface area contributed by atoms with Crippen LogP contribution in [0.4, 0.5) is 5.69 Å². The van der Waals surface area contributed by atoms with Crippen LogP contribution in [0.15, 0.2) is 77.7 Å². The zero-order chi connectivity index (χ0) is 29.4. The van der Waals surface area contributed by atoms with Gasteiger partial charge in [0.25, 0.3) is 10.0 Å². The largest absolute Gasteiger partial charge is 0.354 e. The van der Waals surface area contributed by atoms with Crippen molar-refractivity contribution < 1.29 is 18.0 Å². The number of carbonyl (C=O) groups is 2. The third-order valence-electron chi connectivity index (χ3n) is 6.55. The first-order chi connectivity index (χ1) is 18.9. The summed E-state index contributed by atoms with van der Waals surface area (Å²) in [5, 5.41) is 3.38. The Morgan fingerprint density at radius 2 is 1.43 bits per heavy atom. The monoisotopic (exact) mass is 583 g/mol. The van der Waals surface area contributed by atoms with Crippen LogP contribution in [-0.4, -0.2) is 44.3 Å². The molecule has 0 aliphatic rings. The van der Waals surface area contributed by atoms with Crippen LogP contribution in [-0.2, 0) is 26.2 Å². The summed E-state index contributed by atoms with van der Waals surface area (Å²) in [5.74, 6) is -0.517. The van der Waals surface area contributed by atoms with Gasteiger partial charge in [-0.3, -0.25) is 13.9 Å². The van der Waals surface area contributed by atoms with E-state index in [1.807, 2.05) is 58.9 Å². The van der Waals surface area contributed by atoms with Gasteiger partial charge in [0.05, 0.1) is 10.6 Å². The minimum Gasteiger partial charge on any atom is -0.354 e. The van der Waals surface area contributed by atoms with Crippen molar-refractivity contribution in [2.75, 3.05) is 17.4 Å². The number of rotatable bonds is 12. The molecule has 0 heterocycles. The number of amides is 2. The Kier molecular flexibility index (Phi) is 10.8. The van der Waals surface area contributed by atoms with Crippen LogP contribution in [0.2, 0.25) is 5.02 Å². The number of nitrogens with zero attached hydrogens (tertiary/aromatic N) is 2. The van der Waals surface area contributed by atoms with Crippen molar-refractivity contribution >= 4 is 39.1 Å². The van der Waals surface area contributed by atoms with E-state index >= 15 is 0 Å². The van der Waals surface area contributed by atoms with Crippen molar-refractivity contribution in [1.29, 1.82) is 0 Å². The first-order valence-electron chi connectivity index (χ1n) is 13.4. The summed E-state index contributed by atoms with van der Waals surface area (Å²) >= 11 is 6.08. The molecule has 0 saturated carbocycles. The smallest absolute Gasteiger partial charge is 0.264 e. The molecule has 40 heavy (non-hydrogen) atoms. The maximum absolute atomic E-state index is 14.1. The fraction of sp³-hybridized carbons (Fsp3) is 0.355. The van der Waals surface area contributed by atoms with Gasteiger partial charge in [-0.1, -0.05) is 79.9 Å². The lowest BCUT2D eigenvalue weighted by atomic mass is 10.1. The Morgan fingerprint density at radius 1 is 0.875 bits per heavy atom. The Labute approximate surface area is 243 Å². The highest BCUT2D eigenvalue weighted by Gasteiger charge is 2.33. The molecule has 0 unspecified atom stereocenters.